The zero-order chi connectivity index (χ0) is 17.1. The summed E-state index contributed by atoms with van der Waals surface area (Å²) in [5.41, 5.74) is 0.962. The summed E-state index contributed by atoms with van der Waals surface area (Å²) in [6.07, 6.45) is 1.53. The summed E-state index contributed by atoms with van der Waals surface area (Å²) in [6.45, 7) is 6.45. The molecule has 7 heteroatoms. The van der Waals surface area contributed by atoms with E-state index in [2.05, 4.69) is 28.9 Å². The van der Waals surface area contributed by atoms with Crippen molar-refractivity contribution in [1.82, 2.24) is 24.6 Å². The van der Waals surface area contributed by atoms with Crippen molar-refractivity contribution in [2.24, 2.45) is 0 Å². The minimum absolute atomic E-state index is 0.00537. The summed E-state index contributed by atoms with van der Waals surface area (Å²) in [7, 11) is 4.11. The molecule has 1 aromatic rings. The molecule has 0 saturated carbocycles. The second kappa shape index (κ2) is 7.27. The van der Waals surface area contributed by atoms with E-state index in [0.29, 0.717) is 11.3 Å². The lowest BCUT2D eigenvalue weighted by molar-refractivity contribution is 0.0647. The van der Waals surface area contributed by atoms with Crippen LogP contribution in [0.15, 0.2) is 18.3 Å². The summed E-state index contributed by atoms with van der Waals surface area (Å²) < 4.78 is 0. The highest BCUT2D eigenvalue weighted by molar-refractivity contribution is 5.96. The fourth-order valence-corrected chi connectivity index (χ4v) is 3.01. The van der Waals surface area contributed by atoms with Crippen molar-refractivity contribution in [2.75, 3.05) is 66.5 Å². The van der Waals surface area contributed by atoms with Gasteiger partial charge in [0, 0.05) is 58.6 Å². The largest absolute Gasteiger partial charge is 0.336 e. The number of amides is 2. The third kappa shape index (κ3) is 3.73. The molecule has 24 heavy (non-hydrogen) atoms. The van der Waals surface area contributed by atoms with Crippen LogP contribution in [-0.2, 0) is 0 Å². The van der Waals surface area contributed by atoms with Crippen LogP contribution in [0.2, 0.25) is 0 Å². The maximum atomic E-state index is 12.5. The van der Waals surface area contributed by atoms with Gasteiger partial charge < -0.3 is 19.6 Å². The van der Waals surface area contributed by atoms with Gasteiger partial charge in [0.1, 0.15) is 5.69 Å². The zero-order valence-electron chi connectivity index (χ0n) is 14.4. The van der Waals surface area contributed by atoms with Gasteiger partial charge in [-0.05, 0) is 26.2 Å². The topological polar surface area (TPSA) is 60.0 Å². The summed E-state index contributed by atoms with van der Waals surface area (Å²) in [5, 5.41) is 0. The van der Waals surface area contributed by atoms with Crippen molar-refractivity contribution < 1.29 is 9.59 Å². The molecular formula is C17H25N5O2. The van der Waals surface area contributed by atoms with Gasteiger partial charge in [0.2, 0.25) is 0 Å². The van der Waals surface area contributed by atoms with Crippen LogP contribution in [0.1, 0.15) is 20.8 Å². The number of hydrogen-bond donors (Lipinski definition) is 0. The van der Waals surface area contributed by atoms with Crippen LogP contribution in [0.25, 0.3) is 0 Å². The summed E-state index contributed by atoms with van der Waals surface area (Å²) >= 11 is 0. The molecule has 0 radical (unpaired) electrons. The van der Waals surface area contributed by atoms with E-state index in [4.69, 9.17) is 0 Å². The van der Waals surface area contributed by atoms with E-state index in [1.165, 1.54) is 6.20 Å². The lowest BCUT2D eigenvalue weighted by atomic mass is 10.2. The van der Waals surface area contributed by atoms with Crippen LogP contribution in [0.3, 0.4) is 0 Å². The number of piperazine rings is 2. The molecule has 0 N–H and O–H groups in total. The van der Waals surface area contributed by atoms with Gasteiger partial charge in [0.15, 0.2) is 0 Å². The SMILES string of the molecule is CN1CCN(C(=O)c2ccc(C(=O)N3CCN(C)CC3)nc2)CC1. The number of hydrogen-bond acceptors (Lipinski definition) is 5. The average molecular weight is 331 g/mol. The Morgan fingerprint density at radius 2 is 1.29 bits per heavy atom. The molecule has 3 rings (SSSR count). The lowest BCUT2D eigenvalue weighted by Crippen LogP contribution is -2.47. The third-order valence-electron chi connectivity index (χ3n) is 4.81. The molecule has 130 valence electrons. The number of likely N-dealkylation sites (N-methyl/N-ethyl adjacent to an activating group) is 2. The Morgan fingerprint density at radius 1 is 0.792 bits per heavy atom. The molecule has 7 nitrogen and oxygen atoms in total. The van der Waals surface area contributed by atoms with Crippen LogP contribution in [-0.4, -0.2) is 103 Å². The fourth-order valence-electron chi connectivity index (χ4n) is 3.01. The first-order valence-corrected chi connectivity index (χ1v) is 8.46. The van der Waals surface area contributed by atoms with Crippen molar-refractivity contribution in [3.05, 3.63) is 29.6 Å². The summed E-state index contributed by atoms with van der Waals surface area (Å²) in [6, 6.07) is 3.39. The standard InChI is InChI=1S/C17H25N5O2/c1-19-5-9-21(10-6-19)16(23)14-3-4-15(18-13-14)17(24)22-11-7-20(2)8-12-22/h3-4,13H,5-12H2,1-2H3. The molecule has 2 aliphatic rings. The van der Waals surface area contributed by atoms with E-state index >= 15 is 0 Å². The number of nitrogens with zero attached hydrogens (tertiary/aromatic N) is 5. The Labute approximate surface area is 142 Å². The molecular weight excluding hydrogens is 306 g/mol. The second-order valence-corrected chi connectivity index (χ2v) is 6.62. The van der Waals surface area contributed by atoms with Gasteiger partial charge in [-0.1, -0.05) is 0 Å². The first kappa shape index (κ1) is 16.9. The van der Waals surface area contributed by atoms with Crippen LogP contribution in [0.4, 0.5) is 0 Å². The van der Waals surface area contributed by atoms with Gasteiger partial charge in [0.25, 0.3) is 11.8 Å². The highest BCUT2D eigenvalue weighted by Crippen LogP contribution is 2.10. The highest BCUT2D eigenvalue weighted by Gasteiger charge is 2.23. The zero-order valence-corrected chi connectivity index (χ0v) is 14.4. The predicted octanol–water partition coefficient (Wildman–Crippen LogP) is -0.143. The van der Waals surface area contributed by atoms with Gasteiger partial charge >= 0.3 is 0 Å². The maximum Gasteiger partial charge on any atom is 0.272 e. The van der Waals surface area contributed by atoms with Crippen molar-refractivity contribution in [3.63, 3.8) is 0 Å². The molecule has 0 unspecified atom stereocenters. The van der Waals surface area contributed by atoms with Gasteiger partial charge in [-0.2, -0.15) is 0 Å². The number of aromatic nitrogens is 1. The van der Waals surface area contributed by atoms with Crippen molar-refractivity contribution >= 4 is 11.8 Å². The Kier molecular flexibility index (Phi) is 5.11. The number of carbonyl (C=O) groups is 2. The Morgan fingerprint density at radius 3 is 1.75 bits per heavy atom. The molecule has 2 fully saturated rings. The molecule has 0 bridgehead atoms. The maximum absolute atomic E-state index is 12.5. The van der Waals surface area contributed by atoms with E-state index in [0.717, 1.165) is 52.4 Å². The Bertz CT molecular complexity index is 535. The van der Waals surface area contributed by atoms with Crippen molar-refractivity contribution in [1.29, 1.82) is 0 Å². The molecule has 2 saturated heterocycles. The first-order valence-electron chi connectivity index (χ1n) is 8.46. The second-order valence-electron chi connectivity index (χ2n) is 6.62. The molecule has 0 spiro atoms. The Balaban J connectivity index is 1.62. The van der Waals surface area contributed by atoms with Crippen molar-refractivity contribution in [2.45, 2.75) is 0 Å². The van der Waals surface area contributed by atoms with E-state index in [9.17, 15) is 9.59 Å². The predicted molar refractivity (Wildman–Crippen MR) is 91.0 cm³/mol. The van der Waals surface area contributed by atoms with E-state index in [1.54, 1.807) is 12.1 Å². The van der Waals surface area contributed by atoms with Crippen LogP contribution >= 0.6 is 0 Å². The summed E-state index contributed by atoms with van der Waals surface area (Å²) in [5.74, 6) is -0.0594. The molecule has 2 aliphatic heterocycles. The Hall–Kier alpha value is -1.99. The molecule has 2 amide bonds. The van der Waals surface area contributed by atoms with Gasteiger partial charge in [0.05, 0.1) is 5.56 Å². The molecule has 0 aliphatic carbocycles. The van der Waals surface area contributed by atoms with E-state index in [-0.39, 0.29) is 11.8 Å². The third-order valence-corrected chi connectivity index (χ3v) is 4.81. The summed E-state index contributed by atoms with van der Waals surface area (Å²) in [4.78, 5) is 37.3. The molecule has 0 atom stereocenters. The average Bonchev–Trinajstić information content (AvgIpc) is 2.62. The van der Waals surface area contributed by atoms with Gasteiger partial charge in [-0.15, -0.1) is 0 Å². The van der Waals surface area contributed by atoms with Gasteiger partial charge in [-0.3, -0.25) is 14.6 Å². The number of pyridine rings is 1. The van der Waals surface area contributed by atoms with Crippen molar-refractivity contribution in [3.8, 4) is 0 Å². The molecule has 1 aromatic heterocycles. The molecule has 3 heterocycles. The quantitative estimate of drug-likeness (QED) is 0.755. The van der Waals surface area contributed by atoms with Crippen LogP contribution in [0, 0.1) is 0 Å². The van der Waals surface area contributed by atoms with E-state index in [1.807, 2.05) is 9.80 Å². The van der Waals surface area contributed by atoms with E-state index < -0.39 is 0 Å². The normalized spacial score (nSPS) is 20.2. The number of rotatable bonds is 2. The van der Waals surface area contributed by atoms with Crippen LogP contribution < -0.4 is 0 Å². The smallest absolute Gasteiger partial charge is 0.272 e. The fraction of sp³-hybridized carbons (Fsp3) is 0.588. The lowest BCUT2D eigenvalue weighted by Gasteiger charge is -2.32. The number of carbonyl (C=O) groups excluding carboxylic acids is 2. The minimum Gasteiger partial charge on any atom is -0.336 e. The monoisotopic (exact) mass is 331 g/mol. The first-order chi connectivity index (χ1) is 11.5. The van der Waals surface area contributed by atoms with Crippen LogP contribution in [0.5, 0.6) is 0 Å². The highest BCUT2D eigenvalue weighted by atomic mass is 16.2. The van der Waals surface area contributed by atoms with Gasteiger partial charge in [-0.25, -0.2) is 0 Å². The minimum atomic E-state index is -0.0540. The molecule has 0 aromatic carbocycles.